The summed E-state index contributed by atoms with van der Waals surface area (Å²) in [6, 6.07) is 12.5. The fourth-order valence-corrected chi connectivity index (χ4v) is 3.55. The second-order valence-electron chi connectivity index (χ2n) is 7.31. The molecular formula is C22H26ClN3O3. The van der Waals surface area contributed by atoms with Crippen molar-refractivity contribution in [2.75, 3.05) is 43.5 Å². The first-order valence-corrected chi connectivity index (χ1v) is 10.1. The summed E-state index contributed by atoms with van der Waals surface area (Å²) in [5.74, 6) is 0.554. The van der Waals surface area contributed by atoms with Gasteiger partial charge in [0.2, 0.25) is 5.91 Å². The summed E-state index contributed by atoms with van der Waals surface area (Å²) in [7, 11) is 1.57. The van der Waals surface area contributed by atoms with Gasteiger partial charge in [-0.3, -0.25) is 9.59 Å². The van der Waals surface area contributed by atoms with E-state index in [0.29, 0.717) is 48.2 Å². The third-order valence-corrected chi connectivity index (χ3v) is 5.20. The predicted molar refractivity (Wildman–Crippen MR) is 116 cm³/mol. The van der Waals surface area contributed by atoms with Gasteiger partial charge < -0.3 is 19.9 Å². The van der Waals surface area contributed by atoms with E-state index in [1.54, 1.807) is 37.4 Å². The second-order valence-corrected chi connectivity index (χ2v) is 7.75. The highest BCUT2D eigenvalue weighted by molar-refractivity contribution is 6.31. The zero-order chi connectivity index (χ0) is 21.0. The molecule has 0 atom stereocenters. The van der Waals surface area contributed by atoms with Crippen LogP contribution in [-0.4, -0.2) is 50.0 Å². The highest BCUT2D eigenvalue weighted by Gasteiger charge is 2.24. The molecule has 6 nitrogen and oxygen atoms in total. The Bertz CT molecular complexity index is 893. The Morgan fingerprint density at radius 2 is 1.79 bits per heavy atom. The zero-order valence-electron chi connectivity index (χ0n) is 16.9. The van der Waals surface area contributed by atoms with Crippen LogP contribution < -0.4 is 15.0 Å². The Morgan fingerprint density at radius 1 is 1.07 bits per heavy atom. The number of hydrogen-bond acceptors (Lipinski definition) is 4. The molecule has 0 aliphatic carbocycles. The summed E-state index contributed by atoms with van der Waals surface area (Å²) in [5, 5.41) is 3.51. The van der Waals surface area contributed by atoms with Crippen molar-refractivity contribution in [1.29, 1.82) is 0 Å². The lowest BCUT2D eigenvalue weighted by molar-refractivity contribution is -0.134. The molecule has 0 bridgehead atoms. The molecule has 1 heterocycles. The molecule has 3 rings (SSSR count). The molecule has 154 valence electrons. The molecule has 0 radical (unpaired) electrons. The monoisotopic (exact) mass is 415 g/mol. The number of anilines is 2. The van der Waals surface area contributed by atoms with Crippen LogP contribution in [0.2, 0.25) is 5.02 Å². The molecule has 1 N–H and O–H groups in total. The van der Waals surface area contributed by atoms with E-state index >= 15 is 0 Å². The first-order chi connectivity index (χ1) is 13.9. The standard InChI is InChI=1S/C22H26ClN3O3/c1-15(2)22(28)26-11-9-25(10-12-26)20-8-7-17(23)14-19(20)24-21(27)16-5-4-6-18(13-16)29-3/h4-8,13-15H,9-12H2,1-3H3,(H,24,27). The first-order valence-electron chi connectivity index (χ1n) is 9.67. The third-order valence-electron chi connectivity index (χ3n) is 4.96. The lowest BCUT2D eigenvalue weighted by atomic mass is 10.1. The fraction of sp³-hybridized carbons (Fsp3) is 0.364. The van der Waals surface area contributed by atoms with Crippen LogP contribution >= 0.6 is 11.6 Å². The van der Waals surface area contributed by atoms with E-state index in [4.69, 9.17) is 16.3 Å². The molecule has 2 aromatic carbocycles. The van der Waals surface area contributed by atoms with Crippen LogP contribution in [0.15, 0.2) is 42.5 Å². The number of methoxy groups -OCH3 is 1. The molecule has 1 saturated heterocycles. The van der Waals surface area contributed by atoms with E-state index in [0.717, 1.165) is 5.69 Å². The molecule has 0 aromatic heterocycles. The van der Waals surface area contributed by atoms with Gasteiger partial charge in [-0.15, -0.1) is 0 Å². The summed E-state index contributed by atoms with van der Waals surface area (Å²) in [6.07, 6.45) is 0. The van der Waals surface area contributed by atoms with Gasteiger partial charge in [-0.2, -0.15) is 0 Å². The van der Waals surface area contributed by atoms with Crippen molar-refractivity contribution < 1.29 is 14.3 Å². The number of rotatable bonds is 5. The lowest BCUT2D eigenvalue weighted by Gasteiger charge is -2.37. The van der Waals surface area contributed by atoms with Crippen LogP contribution in [0.3, 0.4) is 0 Å². The van der Waals surface area contributed by atoms with Crippen molar-refractivity contribution in [1.82, 2.24) is 4.90 Å². The van der Waals surface area contributed by atoms with Crippen LogP contribution in [0.25, 0.3) is 0 Å². The van der Waals surface area contributed by atoms with E-state index in [1.165, 1.54) is 0 Å². The van der Waals surface area contributed by atoms with Crippen LogP contribution in [0.1, 0.15) is 24.2 Å². The number of carbonyl (C=O) groups excluding carboxylic acids is 2. The van der Waals surface area contributed by atoms with E-state index in [-0.39, 0.29) is 17.7 Å². The van der Waals surface area contributed by atoms with E-state index in [2.05, 4.69) is 10.2 Å². The zero-order valence-corrected chi connectivity index (χ0v) is 17.7. The molecule has 0 saturated carbocycles. The average Bonchev–Trinajstić information content (AvgIpc) is 2.73. The number of benzene rings is 2. The highest BCUT2D eigenvalue weighted by Crippen LogP contribution is 2.31. The maximum absolute atomic E-state index is 12.8. The molecule has 1 aliphatic rings. The molecule has 1 fully saturated rings. The topological polar surface area (TPSA) is 61.9 Å². The Kier molecular flexibility index (Phi) is 6.64. The van der Waals surface area contributed by atoms with E-state index in [9.17, 15) is 9.59 Å². The van der Waals surface area contributed by atoms with Gasteiger partial charge in [-0.1, -0.05) is 31.5 Å². The quantitative estimate of drug-likeness (QED) is 0.804. The van der Waals surface area contributed by atoms with E-state index in [1.807, 2.05) is 30.9 Å². The maximum Gasteiger partial charge on any atom is 0.255 e. The van der Waals surface area contributed by atoms with Crippen molar-refractivity contribution in [3.8, 4) is 5.75 Å². The van der Waals surface area contributed by atoms with Crippen molar-refractivity contribution in [3.05, 3.63) is 53.1 Å². The first kappa shape index (κ1) is 21.0. The number of piperazine rings is 1. The maximum atomic E-state index is 12.8. The minimum atomic E-state index is -0.235. The van der Waals surface area contributed by atoms with Crippen molar-refractivity contribution in [2.24, 2.45) is 5.92 Å². The van der Waals surface area contributed by atoms with Gasteiger partial charge in [0.25, 0.3) is 5.91 Å². The van der Waals surface area contributed by atoms with Gasteiger partial charge in [0.05, 0.1) is 18.5 Å². The molecule has 1 aliphatic heterocycles. The number of nitrogens with zero attached hydrogens (tertiary/aromatic N) is 2. The molecule has 29 heavy (non-hydrogen) atoms. The average molecular weight is 416 g/mol. The normalized spacial score (nSPS) is 14.1. The number of halogens is 1. The number of carbonyl (C=O) groups is 2. The molecule has 0 unspecified atom stereocenters. The molecule has 2 amide bonds. The SMILES string of the molecule is COc1cccc(C(=O)Nc2cc(Cl)ccc2N2CCN(C(=O)C(C)C)CC2)c1. The van der Waals surface area contributed by atoms with Crippen molar-refractivity contribution in [3.63, 3.8) is 0 Å². The minimum absolute atomic E-state index is 0.00482. The third kappa shape index (κ3) is 5.01. The summed E-state index contributed by atoms with van der Waals surface area (Å²) in [4.78, 5) is 29.1. The van der Waals surface area contributed by atoms with Gasteiger partial charge in [-0.25, -0.2) is 0 Å². The Morgan fingerprint density at radius 3 is 2.45 bits per heavy atom. The molecule has 0 spiro atoms. The van der Waals surface area contributed by atoms with Crippen LogP contribution in [0.5, 0.6) is 5.75 Å². The van der Waals surface area contributed by atoms with Gasteiger partial charge in [-0.05, 0) is 36.4 Å². The largest absolute Gasteiger partial charge is 0.497 e. The number of nitrogens with one attached hydrogen (secondary N) is 1. The Hall–Kier alpha value is -2.73. The fourth-order valence-electron chi connectivity index (χ4n) is 3.38. The summed E-state index contributed by atoms with van der Waals surface area (Å²) < 4.78 is 5.20. The van der Waals surface area contributed by atoms with Gasteiger partial charge in [0, 0.05) is 42.7 Å². The minimum Gasteiger partial charge on any atom is -0.497 e. The van der Waals surface area contributed by atoms with Gasteiger partial charge >= 0.3 is 0 Å². The highest BCUT2D eigenvalue weighted by atomic mass is 35.5. The van der Waals surface area contributed by atoms with Crippen LogP contribution in [0, 0.1) is 5.92 Å². The summed E-state index contributed by atoms with van der Waals surface area (Å²) >= 11 is 6.19. The predicted octanol–water partition coefficient (Wildman–Crippen LogP) is 3.91. The summed E-state index contributed by atoms with van der Waals surface area (Å²) in [5.41, 5.74) is 2.04. The second kappa shape index (κ2) is 9.18. The van der Waals surface area contributed by atoms with Crippen molar-refractivity contribution >= 4 is 34.8 Å². The molecule has 7 heteroatoms. The van der Waals surface area contributed by atoms with Gasteiger partial charge in [0.1, 0.15) is 5.75 Å². The Labute approximate surface area is 176 Å². The molecule has 2 aromatic rings. The number of amides is 2. The Balaban J connectivity index is 1.76. The van der Waals surface area contributed by atoms with Crippen molar-refractivity contribution in [2.45, 2.75) is 13.8 Å². The van der Waals surface area contributed by atoms with Crippen LogP contribution in [-0.2, 0) is 4.79 Å². The smallest absolute Gasteiger partial charge is 0.255 e. The van der Waals surface area contributed by atoms with Crippen LogP contribution in [0.4, 0.5) is 11.4 Å². The van der Waals surface area contributed by atoms with Gasteiger partial charge in [0.15, 0.2) is 0 Å². The number of hydrogen-bond donors (Lipinski definition) is 1. The van der Waals surface area contributed by atoms with E-state index < -0.39 is 0 Å². The lowest BCUT2D eigenvalue weighted by Crippen LogP contribution is -2.50. The summed E-state index contributed by atoms with van der Waals surface area (Å²) in [6.45, 7) is 6.54. The number of ether oxygens (including phenoxy) is 1. The molecular weight excluding hydrogens is 390 g/mol.